The Hall–Kier alpha value is -2.50. The molecule has 3 aromatic heterocycles. The van der Waals surface area contributed by atoms with Crippen LogP contribution in [0.2, 0.25) is 0 Å². The Labute approximate surface area is 150 Å². The molecule has 3 heterocycles. The van der Waals surface area contributed by atoms with E-state index in [1.807, 2.05) is 30.8 Å². The van der Waals surface area contributed by atoms with Gasteiger partial charge < -0.3 is 4.42 Å². The maximum absolute atomic E-state index is 5.84. The van der Waals surface area contributed by atoms with Crippen LogP contribution in [0.4, 0.5) is 0 Å². The summed E-state index contributed by atoms with van der Waals surface area (Å²) in [5.41, 5.74) is 3.33. The van der Waals surface area contributed by atoms with Gasteiger partial charge >= 0.3 is 0 Å². The fourth-order valence-electron chi connectivity index (χ4n) is 3.01. The molecule has 0 N–H and O–H groups in total. The van der Waals surface area contributed by atoms with Crippen LogP contribution < -0.4 is 0 Å². The lowest BCUT2D eigenvalue weighted by atomic mass is 10.1. The van der Waals surface area contributed by atoms with Crippen molar-refractivity contribution in [2.24, 2.45) is 0 Å². The van der Waals surface area contributed by atoms with Gasteiger partial charge in [-0.1, -0.05) is 18.2 Å². The minimum atomic E-state index is 0.707. The van der Waals surface area contributed by atoms with Crippen molar-refractivity contribution >= 4 is 22.1 Å². The minimum absolute atomic E-state index is 0.707. The van der Waals surface area contributed by atoms with E-state index in [0.717, 1.165) is 30.1 Å². The SMILES string of the molecule is Cc1oc(-c2ccsc2)nc1CN(C)Cc1cccc2cnccc12. The first-order valence-electron chi connectivity index (χ1n) is 8.20. The smallest absolute Gasteiger partial charge is 0.227 e. The maximum Gasteiger partial charge on any atom is 0.227 e. The number of hydrogen-bond acceptors (Lipinski definition) is 5. The molecule has 5 heteroatoms. The molecule has 0 saturated carbocycles. The fourth-order valence-corrected chi connectivity index (χ4v) is 3.64. The van der Waals surface area contributed by atoms with Gasteiger partial charge in [0.15, 0.2) is 0 Å². The number of fused-ring (bicyclic) bond motifs is 1. The van der Waals surface area contributed by atoms with Gasteiger partial charge in [0.05, 0.1) is 5.69 Å². The van der Waals surface area contributed by atoms with Crippen molar-refractivity contribution in [2.75, 3.05) is 7.05 Å². The van der Waals surface area contributed by atoms with Gasteiger partial charge in [-0.2, -0.15) is 11.3 Å². The number of aryl methyl sites for hydroxylation is 1. The molecule has 0 aliphatic carbocycles. The van der Waals surface area contributed by atoms with Gasteiger partial charge in [0.2, 0.25) is 5.89 Å². The van der Waals surface area contributed by atoms with Gasteiger partial charge in [-0.15, -0.1) is 0 Å². The van der Waals surface area contributed by atoms with Crippen LogP contribution in [0.3, 0.4) is 0 Å². The van der Waals surface area contributed by atoms with Crippen LogP contribution in [0.5, 0.6) is 0 Å². The number of thiophene rings is 1. The highest BCUT2D eigenvalue weighted by Crippen LogP contribution is 2.25. The minimum Gasteiger partial charge on any atom is -0.441 e. The lowest BCUT2D eigenvalue weighted by molar-refractivity contribution is 0.314. The third-order valence-electron chi connectivity index (χ3n) is 4.29. The second-order valence-corrected chi connectivity index (χ2v) is 7.00. The maximum atomic E-state index is 5.84. The Morgan fingerprint density at radius 3 is 2.92 bits per heavy atom. The molecule has 0 unspecified atom stereocenters. The Bertz CT molecular complexity index is 986. The zero-order valence-corrected chi connectivity index (χ0v) is 15.1. The van der Waals surface area contributed by atoms with E-state index in [9.17, 15) is 0 Å². The van der Waals surface area contributed by atoms with Crippen LogP contribution in [0.25, 0.3) is 22.2 Å². The summed E-state index contributed by atoms with van der Waals surface area (Å²) < 4.78 is 5.84. The van der Waals surface area contributed by atoms with Gasteiger partial charge in [-0.05, 0) is 42.4 Å². The number of nitrogens with zero attached hydrogens (tertiary/aromatic N) is 3. The zero-order valence-electron chi connectivity index (χ0n) is 14.3. The molecule has 0 aliphatic heterocycles. The molecule has 25 heavy (non-hydrogen) atoms. The van der Waals surface area contributed by atoms with E-state index in [-0.39, 0.29) is 0 Å². The van der Waals surface area contributed by atoms with Crippen molar-refractivity contribution < 1.29 is 4.42 Å². The van der Waals surface area contributed by atoms with Crippen molar-refractivity contribution in [3.05, 3.63) is 70.5 Å². The first-order valence-corrected chi connectivity index (χ1v) is 9.14. The van der Waals surface area contributed by atoms with Gasteiger partial charge in [0.25, 0.3) is 0 Å². The fraction of sp³-hybridized carbons (Fsp3) is 0.200. The summed E-state index contributed by atoms with van der Waals surface area (Å²) >= 11 is 1.65. The van der Waals surface area contributed by atoms with Crippen LogP contribution in [0.1, 0.15) is 17.0 Å². The van der Waals surface area contributed by atoms with Gasteiger partial charge in [-0.3, -0.25) is 9.88 Å². The van der Waals surface area contributed by atoms with E-state index >= 15 is 0 Å². The monoisotopic (exact) mass is 349 g/mol. The standard InChI is InChI=1S/C20H19N3OS/c1-14-19(22-20(24-14)17-7-9-25-13-17)12-23(2)11-16-5-3-4-15-10-21-8-6-18(15)16/h3-10,13H,11-12H2,1-2H3. The lowest BCUT2D eigenvalue weighted by Gasteiger charge is -2.17. The number of aromatic nitrogens is 2. The molecule has 126 valence electrons. The summed E-state index contributed by atoms with van der Waals surface area (Å²) in [6.07, 6.45) is 3.76. The van der Waals surface area contributed by atoms with Crippen molar-refractivity contribution in [3.63, 3.8) is 0 Å². The second-order valence-electron chi connectivity index (χ2n) is 6.22. The van der Waals surface area contributed by atoms with Crippen LogP contribution in [0, 0.1) is 6.92 Å². The van der Waals surface area contributed by atoms with E-state index in [0.29, 0.717) is 5.89 Å². The Morgan fingerprint density at radius 1 is 1.16 bits per heavy atom. The number of benzene rings is 1. The van der Waals surface area contributed by atoms with Crippen LogP contribution in [0.15, 0.2) is 57.9 Å². The van der Waals surface area contributed by atoms with Crippen molar-refractivity contribution in [1.29, 1.82) is 0 Å². The average Bonchev–Trinajstić information content (AvgIpc) is 3.26. The summed E-state index contributed by atoms with van der Waals surface area (Å²) in [5, 5.41) is 6.52. The van der Waals surface area contributed by atoms with Gasteiger partial charge in [0.1, 0.15) is 5.76 Å². The van der Waals surface area contributed by atoms with Crippen LogP contribution in [-0.2, 0) is 13.1 Å². The predicted molar refractivity (Wildman–Crippen MR) is 101 cm³/mol. The Balaban J connectivity index is 1.53. The highest BCUT2D eigenvalue weighted by molar-refractivity contribution is 7.08. The summed E-state index contributed by atoms with van der Waals surface area (Å²) in [7, 11) is 2.11. The summed E-state index contributed by atoms with van der Waals surface area (Å²) in [6, 6.07) is 10.5. The van der Waals surface area contributed by atoms with Gasteiger partial charge in [-0.25, -0.2) is 4.98 Å². The molecular weight excluding hydrogens is 330 g/mol. The number of pyridine rings is 1. The molecule has 0 spiro atoms. The van der Waals surface area contributed by atoms with Crippen molar-refractivity contribution in [2.45, 2.75) is 20.0 Å². The van der Waals surface area contributed by atoms with Gasteiger partial charge in [0, 0.05) is 41.8 Å². The molecule has 0 fully saturated rings. The first-order chi connectivity index (χ1) is 12.2. The molecule has 0 saturated heterocycles. The molecule has 0 atom stereocenters. The molecule has 4 nitrogen and oxygen atoms in total. The molecule has 0 bridgehead atoms. The molecule has 0 aliphatic rings. The van der Waals surface area contributed by atoms with E-state index in [1.54, 1.807) is 11.3 Å². The first kappa shape index (κ1) is 16.0. The lowest BCUT2D eigenvalue weighted by Crippen LogP contribution is -2.18. The highest BCUT2D eigenvalue weighted by atomic mass is 32.1. The third-order valence-corrected chi connectivity index (χ3v) is 4.98. The van der Waals surface area contributed by atoms with E-state index in [1.165, 1.54) is 16.3 Å². The van der Waals surface area contributed by atoms with Crippen molar-refractivity contribution in [1.82, 2.24) is 14.9 Å². The zero-order chi connectivity index (χ0) is 17.2. The number of rotatable bonds is 5. The average molecular weight is 349 g/mol. The Kier molecular flexibility index (Phi) is 4.34. The number of hydrogen-bond donors (Lipinski definition) is 0. The summed E-state index contributed by atoms with van der Waals surface area (Å²) in [6.45, 7) is 3.58. The quantitative estimate of drug-likeness (QED) is 0.514. The summed E-state index contributed by atoms with van der Waals surface area (Å²) in [5.74, 6) is 1.59. The van der Waals surface area contributed by atoms with Crippen LogP contribution in [-0.4, -0.2) is 21.9 Å². The van der Waals surface area contributed by atoms with Crippen molar-refractivity contribution in [3.8, 4) is 11.5 Å². The molecule has 1 aromatic carbocycles. The summed E-state index contributed by atoms with van der Waals surface area (Å²) in [4.78, 5) is 11.2. The molecule has 4 aromatic rings. The van der Waals surface area contributed by atoms with Crippen LogP contribution >= 0.6 is 11.3 Å². The molecule has 0 radical (unpaired) electrons. The molecular formula is C20H19N3OS. The molecule has 4 rings (SSSR count). The third kappa shape index (κ3) is 3.34. The van der Waals surface area contributed by atoms with E-state index in [2.05, 4.69) is 51.6 Å². The number of oxazole rings is 1. The highest BCUT2D eigenvalue weighted by Gasteiger charge is 2.14. The second kappa shape index (κ2) is 6.78. The largest absolute Gasteiger partial charge is 0.441 e. The topological polar surface area (TPSA) is 42.2 Å². The van der Waals surface area contributed by atoms with E-state index in [4.69, 9.17) is 4.42 Å². The Morgan fingerprint density at radius 2 is 2.08 bits per heavy atom. The molecule has 0 amide bonds. The normalized spacial score (nSPS) is 11.5. The predicted octanol–water partition coefficient (Wildman–Crippen LogP) is 4.89. The van der Waals surface area contributed by atoms with E-state index < -0.39 is 0 Å².